The van der Waals surface area contributed by atoms with Crippen LogP contribution in [0.3, 0.4) is 0 Å². The highest BCUT2D eigenvalue weighted by Crippen LogP contribution is 2.27. The first-order valence-corrected chi connectivity index (χ1v) is 6.61. The summed E-state index contributed by atoms with van der Waals surface area (Å²) in [6, 6.07) is 0.276. The Morgan fingerprint density at radius 2 is 2.13 bits per heavy atom. The summed E-state index contributed by atoms with van der Waals surface area (Å²) in [5, 5.41) is 3.04. The fraction of sp³-hybridized carbons (Fsp3) is 0.917. The highest BCUT2D eigenvalue weighted by Gasteiger charge is 2.18. The van der Waals surface area contributed by atoms with Crippen molar-refractivity contribution in [1.29, 1.82) is 0 Å². The highest BCUT2D eigenvalue weighted by molar-refractivity contribution is 6.17. The van der Waals surface area contributed by atoms with Crippen LogP contribution >= 0.6 is 11.6 Å². The van der Waals surface area contributed by atoms with Gasteiger partial charge in [-0.15, -0.1) is 11.6 Å². The highest BCUT2D eigenvalue weighted by atomic mass is 35.5. The number of rotatable bonds is 6. The number of carbonyl (C=O) groups excluding carboxylic acids is 1. The van der Waals surface area contributed by atoms with Crippen LogP contribution in [0.4, 0.5) is 0 Å². The van der Waals surface area contributed by atoms with Crippen molar-refractivity contribution >= 4 is 17.5 Å². The van der Waals surface area contributed by atoms with Gasteiger partial charge in [-0.05, 0) is 38.5 Å². The van der Waals surface area contributed by atoms with E-state index in [9.17, 15) is 4.79 Å². The molecule has 0 heterocycles. The van der Waals surface area contributed by atoms with Crippen molar-refractivity contribution in [3.63, 3.8) is 0 Å². The van der Waals surface area contributed by atoms with E-state index in [1.54, 1.807) is 0 Å². The Bertz CT molecular complexity index is 190. The van der Waals surface area contributed by atoms with Gasteiger partial charge in [-0.3, -0.25) is 4.79 Å². The molecule has 0 saturated heterocycles. The quantitative estimate of drug-likeness (QED) is 0.700. The summed E-state index contributed by atoms with van der Waals surface area (Å²) in [4.78, 5) is 11.6. The first-order chi connectivity index (χ1) is 7.22. The number of halogens is 1. The Balaban J connectivity index is 2.11. The third-order valence-electron chi connectivity index (χ3n) is 3.13. The maximum absolute atomic E-state index is 11.6. The van der Waals surface area contributed by atoms with Gasteiger partial charge in [-0.25, -0.2) is 0 Å². The lowest BCUT2D eigenvalue weighted by Crippen LogP contribution is -2.33. The van der Waals surface area contributed by atoms with Crippen LogP contribution in [0.1, 0.15) is 51.9 Å². The molecule has 0 aromatic rings. The van der Waals surface area contributed by atoms with E-state index < -0.39 is 0 Å². The molecule has 1 rings (SSSR count). The zero-order chi connectivity index (χ0) is 11.1. The van der Waals surface area contributed by atoms with Gasteiger partial charge in [-0.2, -0.15) is 0 Å². The maximum Gasteiger partial charge on any atom is 0.220 e. The fourth-order valence-corrected chi connectivity index (χ4v) is 2.42. The van der Waals surface area contributed by atoms with Gasteiger partial charge < -0.3 is 5.32 Å². The largest absolute Gasteiger partial charge is 0.354 e. The number of hydrogen-bond acceptors (Lipinski definition) is 1. The molecule has 1 unspecified atom stereocenters. The topological polar surface area (TPSA) is 29.1 Å². The first kappa shape index (κ1) is 12.8. The molecule has 0 aromatic heterocycles. The van der Waals surface area contributed by atoms with Crippen molar-refractivity contribution in [2.45, 2.75) is 57.9 Å². The lowest BCUT2D eigenvalue weighted by molar-refractivity contribution is -0.122. The average molecular weight is 232 g/mol. The minimum Gasteiger partial charge on any atom is -0.354 e. The van der Waals surface area contributed by atoms with E-state index in [4.69, 9.17) is 11.6 Å². The van der Waals surface area contributed by atoms with E-state index in [0.717, 1.165) is 19.3 Å². The zero-order valence-corrected chi connectivity index (χ0v) is 10.4. The van der Waals surface area contributed by atoms with Crippen molar-refractivity contribution in [1.82, 2.24) is 5.32 Å². The summed E-state index contributed by atoms with van der Waals surface area (Å²) < 4.78 is 0. The molecule has 1 aliphatic carbocycles. The third-order valence-corrected chi connectivity index (χ3v) is 3.39. The van der Waals surface area contributed by atoms with E-state index in [1.165, 1.54) is 25.7 Å². The lowest BCUT2D eigenvalue weighted by Gasteiger charge is -2.15. The summed E-state index contributed by atoms with van der Waals surface area (Å²) in [6.45, 7) is 2.05. The molecule has 0 aromatic carbocycles. The Kier molecular flexibility index (Phi) is 6.07. The molecule has 0 spiro atoms. The molecule has 3 heteroatoms. The standard InChI is InChI=1S/C12H22ClNO/c1-10(5-4-8-13)14-12(15)9-11-6-2-3-7-11/h10-11H,2-9H2,1H3,(H,14,15). The minimum atomic E-state index is 0.226. The van der Waals surface area contributed by atoms with Gasteiger partial charge in [0.1, 0.15) is 0 Å². The van der Waals surface area contributed by atoms with Crippen LogP contribution < -0.4 is 5.32 Å². The first-order valence-electron chi connectivity index (χ1n) is 6.07. The molecule has 1 aliphatic rings. The molecule has 15 heavy (non-hydrogen) atoms. The molecule has 1 amide bonds. The third kappa shape index (κ3) is 5.41. The van der Waals surface area contributed by atoms with Crippen LogP contribution in [0.25, 0.3) is 0 Å². The summed E-state index contributed by atoms with van der Waals surface area (Å²) in [5.41, 5.74) is 0. The predicted octanol–water partition coefficient (Wildman–Crippen LogP) is 3.09. The second-order valence-electron chi connectivity index (χ2n) is 4.65. The Morgan fingerprint density at radius 1 is 1.47 bits per heavy atom. The minimum absolute atomic E-state index is 0.226. The number of amides is 1. The van der Waals surface area contributed by atoms with Crippen LogP contribution in [0.5, 0.6) is 0 Å². The van der Waals surface area contributed by atoms with E-state index >= 15 is 0 Å². The number of alkyl halides is 1. The van der Waals surface area contributed by atoms with Crippen LogP contribution in [0.15, 0.2) is 0 Å². The summed E-state index contributed by atoms with van der Waals surface area (Å²) in [7, 11) is 0. The van der Waals surface area contributed by atoms with Crippen LogP contribution in [-0.2, 0) is 4.79 Å². The number of carbonyl (C=O) groups is 1. The molecule has 0 bridgehead atoms. The maximum atomic E-state index is 11.6. The van der Waals surface area contributed by atoms with Gasteiger partial charge in [0, 0.05) is 18.3 Å². The SMILES string of the molecule is CC(CCCCl)NC(=O)CC1CCCC1. The number of hydrogen-bond donors (Lipinski definition) is 1. The predicted molar refractivity (Wildman–Crippen MR) is 64.1 cm³/mol. The fourth-order valence-electron chi connectivity index (χ4n) is 2.27. The van der Waals surface area contributed by atoms with Crippen LogP contribution in [-0.4, -0.2) is 17.8 Å². The normalized spacial score (nSPS) is 19.1. The summed E-state index contributed by atoms with van der Waals surface area (Å²) in [5.74, 6) is 1.55. The molecule has 2 nitrogen and oxygen atoms in total. The summed E-state index contributed by atoms with van der Waals surface area (Å²) >= 11 is 5.61. The van der Waals surface area contributed by atoms with Gasteiger partial charge in [0.15, 0.2) is 0 Å². The zero-order valence-electron chi connectivity index (χ0n) is 9.60. The van der Waals surface area contributed by atoms with Crippen molar-refractivity contribution in [2.75, 3.05) is 5.88 Å². The Hall–Kier alpha value is -0.240. The van der Waals surface area contributed by atoms with Gasteiger partial charge in [-0.1, -0.05) is 12.8 Å². The van der Waals surface area contributed by atoms with E-state index in [1.807, 2.05) is 0 Å². The van der Waals surface area contributed by atoms with Gasteiger partial charge >= 0.3 is 0 Å². The van der Waals surface area contributed by atoms with Gasteiger partial charge in [0.2, 0.25) is 5.91 Å². The average Bonchev–Trinajstić information content (AvgIpc) is 2.67. The Morgan fingerprint density at radius 3 is 2.73 bits per heavy atom. The summed E-state index contributed by atoms with van der Waals surface area (Å²) in [6.07, 6.45) is 7.78. The van der Waals surface area contributed by atoms with Crippen LogP contribution in [0, 0.1) is 5.92 Å². The van der Waals surface area contributed by atoms with Crippen LogP contribution in [0.2, 0.25) is 0 Å². The molecule has 0 radical (unpaired) electrons. The molecule has 88 valence electrons. The molecule has 0 aliphatic heterocycles. The van der Waals surface area contributed by atoms with Crippen molar-refractivity contribution < 1.29 is 4.79 Å². The van der Waals surface area contributed by atoms with Crippen molar-refractivity contribution in [3.05, 3.63) is 0 Å². The molecular formula is C12H22ClNO. The van der Waals surface area contributed by atoms with Crippen molar-refractivity contribution in [2.24, 2.45) is 5.92 Å². The molecule has 1 fully saturated rings. The second-order valence-corrected chi connectivity index (χ2v) is 5.03. The number of nitrogens with one attached hydrogen (secondary N) is 1. The van der Waals surface area contributed by atoms with Crippen molar-refractivity contribution in [3.8, 4) is 0 Å². The molecular weight excluding hydrogens is 210 g/mol. The lowest BCUT2D eigenvalue weighted by atomic mass is 10.0. The Labute approximate surface area is 97.8 Å². The smallest absolute Gasteiger partial charge is 0.220 e. The molecule has 1 saturated carbocycles. The second kappa shape index (κ2) is 7.10. The van der Waals surface area contributed by atoms with Gasteiger partial charge in [0.05, 0.1) is 0 Å². The molecule has 1 atom stereocenters. The monoisotopic (exact) mass is 231 g/mol. The van der Waals surface area contributed by atoms with E-state index in [2.05, 4.69) is 12.2 Å². The van der Waals surface area contributed by atoms with E-state index in [0.29, 0.717) is 11.8 Å². The molecule has 1 N–H and O–H groups in total. The van der Waals surface area contributed by atoms with E-state index in [-0.39, 0.29) is 11.9 Å². The van der Waals surface area contributed by atoms with Gasteiger partial charge in [0.25, 0.3) is 0 Å².